The van der Waals surface area contributed by atoms with Gasteiger partial charge in [0.2, 0.25) is 0 Å². The zero-order valence-corrected chi connectivity index (χ0v) is 14.5. The molecule has 1 aromatic heterocycles. The molecule has 3 aromatic rings. The van der Waals surface area contributed by atoms with Gasteiger partial charge >= 0.3 is 0 Å². The van der Waals surface area contributed by atoms with Gasteiger partial charge in [0.1, 0.15) is 5.75 Å². The van der Waals surface area contributed by atoms with Gasteiger partial charge in [0.05, 0.1) is 22.6 Å². The van der Waals surface area contributed by atoms with E-state index in [1.54, 1.807) is 18.3 Å². The molecular weight excluding hydrogens is 394 g/mol. The van der Waals surface area contributed by atoms with Gasteiger partial charge in [-0.2, -0.15) is 10.2 Å². The van der Waals surface area contributed by atoms with Crippen LogP contribution in [0.15, 0.2) is 58.2 Å². The number of halogens is 2. The molecule has 0 aliphatic rings. The number of phenolic OH excluding ortho intramolecular Hbond substituents is 1. The largest absolute Gasteiger partial charge is 0.506 e. The van der Waals surface area contributed by atoms with Crippen molar-refractivity contribution in [2.24, 2.45) is 5.10 Å². The molecule has 0 radical (unpaired) electrons. The Bertz CT molecular complexity index is 889. The van der Waals surface area contributed by atoms with E-state index >= 15 is 0 Å². The Labute approximate surface area is 151 Å². The van der Waals surface area contributed by atoms with Crippen molar-refractivity contribution in [3.05, 3.63) is 63.7 Å². The number of benzene rings is 2. The number of hydrogen-bond donors (Lipinski definition) is 2. The van der Waals surface area contributed by atoms with Crippen LogP contribution in [0.1, 0.15) is 5.56 Å². The number of nitrogens with zero attached hydrogens (tertiary/aromatic N) is 4. The summed E-state index contributed by atoms with van der Waals surface area (Å²) in [5.41, 5.74) is 4.74. The summed E-state index contributed by atoms with van der Waals surface area (Å²) in [4.78, 5) is 4.34. The number of anilines is 1. The smallest absolute Gasteiger partial charge is 0.263 e. The molecule has 120 valence electrons. The second-order valence-corrected chi connectivity index (χ2v) is 6.02. The van der Waals surface area contributed by atoms with Crippen LogP contribution in [0.25, 0.3) is 11.3 Å². The van der Waals surface area contributed by atoms with Crippen LogP contribution in [-0.2, 0) is 0 Å². The number of aromatic hydroxyl groups is 1. The maximum Gasteiger partial charge on any atom is 0.263 e. The summed E-state index contributed by atoms with van der Waals surface area (Å²) >= 11 is 9.17. The van der Waals surface area contributed by atoms with Gasteiger partial charge in [0, 0.05) is 16.1 Å². The Hall–Kier alpha value is -2.51. The molecular formula is C16H11BrClN5O. The lowest BCUT2D eigenvalue weighted by Crippen LogP contribution is -2.00. The first-order chi connectivity index (χ1) is 11.6. The van der Waals surface area contributed by atoms with Crippen molar-refractivity contribution in [3.63, 3.8) is 0 Å². The molecule has 0 aliphatic heterocycles. The van der Waals surface area contributed by atoms with Crippen molar-refractivity contribution in [2.75, 3.05) is 5.43 Å². The van der Waals surface area contributed by atoms with E-state index in [0.717, 1.165) is 5.56 Å². The Balaban J connectivity index is 1.78. The minimum absolute atomic E-state index is 0.0435. The van der Waals surface area contributed by atoms with Crippen LogP contribution < -0.4 is 5.43 Å². The van der Waals surface area contributed by atoms with Gasteiger partial charge in [0.25, 0.3) is 5.95 Å². The average Bonchev–Trinajstić information content (AvgIpc) is 2.60. The molecule has 24 heavy (non-hydrogen) atoms. The predicted octanol–water partition coefficient (Wildman–Crippen LogP) is 4.11. The lowest BCUT2D eigenvalue weighted by atomic mass is 10.2. The third-order valence-corrected chi connectivity index (χ3v) is 3.88. The Morgan fingerprint density at radius 1 is 1.21 bits per heavy atom. The molecule has 6 nitrogen and oxygen atoms in total. The Morgan fingerprint density at radius 3 is 2.79 bits per heavy atom. The maximum absolute atomic E-state index is 9.94. The quantitative estimate of drug-likeness (QED) is 0.505. The van der Waals surface area contributed by atoms with E-state index in [4.69, 9.17) is 11.6 Å². The van der Waals surface area contributed by atoms with Crippen LogP contribution in [0.4, 0.5) is 5.95 Å². The van der Waals surface area contributed by atoms with Crippen molar-refractivity contribution in [2.45, 2.75) is 0 Å². The number of aromatic nitrogens is 3. The van der Waals surface area contributed by atoms with Crippen LogP contribution in [0, 0.1) is 0 Å². The lowest BCUT2D eigenvalue weighted by molar-refractivity contribution is 0.471. The van der Waals surface area contributed by atoms with E-state index in [1.807, 2.05) is 30.3 Å². The van der Waals surface area contributed by atoms with Crippen LogP contribution >= 0.6 is 27.5 Å². The van der Waals surface area contributed by atoms with Gasteiger partial charge in [-0.15, -0.1) is 5.10 Å². The molecule has 0 amide bonds. The fourth-order valence-electron chi connectivity index (χ4n) is 1.94. The minimum Gasteiger partial charge on any atom is -0.506 e. The molecule has 0 aliphatic carbocycles. The van der Waals surface area contributed by atoms with Gasteiger partial charge in [-0.05, 0) is 28.1 Å². The molecule has 0 bridgehead atoms. The molecule has 0 unspecified atom stereocenters. The van der Waals surface area contributed by atoms with E-state index in [-0.39, 0.29) is 11.7 Å². The lowest BCUT2D eigenvalue weighted by Gasteiger charge is -2.03. The first-order valence-electron chi connectivity index (χ1n) is 6.86. The second kappa shape index (κ2) is 7.37. The fourth-order valence-corrected chi connectivity index (χ4v) is 2.78. The number of hydrogen-bond acceptors (Lipinski definition) is 6. The first kappa shape index (κ1) is 16.4. The van der Waals surface area contributed by atoms with E-state index in [9.17, 15) is 5.11 Å². The van der Waals surface area contributed by atoms with Crippen molar-refractivity contribution in [1.82, 2.24) is 15.2 Å². The summed E-state index contributed by atoms with van der Waals surface area (Å²) in [5, 5.41) is 22.2. The normalized spacial score (nSPS) is 10.9. The number of phenols is 1. The summed E-state index contributed by atoms with van der Waals surface area (Å²) < 4.78 is 0.487. The topological polar surface area (TPSA) is 83.3 Å². The Morgan fingerprint density at radius 2 is 2.00 bits per heavy atom. The molecule has 2 aromatic carbocycles. The Kier molecular flexibility index (Phi) is 5.02. The van der Waals surface area contributed by atoms with Gasteiger partial charge < -0.3 is 5.11 Å². The van der Waals surface area contributed by atoms with Crippen molar-refractivity contribution in [1.29, 1.82) is 0 Å². The SMILES string of the molecule is Oc1c(Br)cc(Cl)cc1C=NNc1nncc(-c2ccccc2)n1. The standard InChI is InChI=1S/C16H11BrClN5O/c17-13-7-12(18)6-11(15(13)24)8-19-22-16-21-14(9-20-23-16)10-4-2-1-3-5-10/h1-9,24H,(H,21,22,23). The highest BCUT2D eigenvalue weighted by atomic mass is 79.9. The van der Waals surface area contributed by atoms with Gasteiger partial charge in [-0.1, -0.05) is 41.9 Å². The summed E-state index contributed by atoms with van der Waals surface area (Å²) in [7, 11) is 0. The van der Waals surface area contributed by atoms with E-state index in [1.165, 1.54) is 6.21 Å². The van der Waals surface area contributed by atoms with Gasteiger partial charge in [-0.3, -0.25) is 0 Å². The molecule has 0 saturated heterocycles. The third kappa shape index (κ3) is 3.87. The molecule has 0 saturated carbocycles. The monoisotopic (exact) mass is 403 g/mol. The van der Waals surface area contributed by atoms with Crippen LogP contribution in [0.3, 0.4) is 0 Å². The zero-order valence-electron chi connectivity index (χ0n) is 12.2. The highest BCUT2D eigenvalue weighted by molar-refractivity contribution is 9.10. The second-order valence-electron chi connectivity index (χ2n) is 4.73. The number of nitrogens with one attached hydrogen (secondary N) is 1. The van der Waals surface area contributed by atoms with E-state index < -0.39 is 0 Å². The maximum atomic E-state index is 9.94. The van der Waals surface area contributed by atoms with Crippen LogP contribution in [0.2, 0.25) is 5.02 Å². The highest BCUT2D eigenvalue weighted by Gasteiger charge is 2.06. The summed E-state index contributed by atoms with van der Waals surface area (Å²) in [6.07, 6.45) is 2.99. The van der Waals surface area contributed by atoms with Gasteiger partial charge in [0.15, 0.2) is 0 Å². The number of rotatable bonds is 4. The minimum atomic E-state index is 0.0435. The molecule has 0 fully saturated rings. The van der Waals surface area contributed by atoms with Crippen molar-refractivity contribution >= 4 is 39.7 Å². The zero-order chi connectivity index (χ0) is 16.9. The van der Waals surface area contributed by atoms with Crippen molar-refractivity contribution < 1.29 is 5.11 Å². The molecule has 0 atom stereocenters. The predicted molar refractivity (Wildman–Crippen MR) is 97.3 cm³/mol. The fraction of sp³-hybridized carbons (Fsp3) is 0. The third-order valence-electron chi connectivity index (χ3n) is 3.05. The van der Waals surface area contributed by atoms with E-state index in [0.29, 0.717) is 20.8 Å². The molecule has 2 N–H and O–H groups in total. The van der Waals surface area contributed by atoms with Crippen LogP contribution in [0.5, 0.6) is 5.75 Å². The first-order valence-corrected chi connectivity index (χ1v) is 8.03. The summed E-state index contributed by atoms with van der Waals surface area (Å²) in [6, 6.07) is 12.8. The average molecular weight is 405 g/mol. The molecule has 3 rings (SSSR count). The molecule has 0 spiro atoms. The highest BCUT2D eigenvalue weighted by Crippen LogP contribution is 2.30. The summed E-state index contributed by atoms with van der Waals surface area (Å²) in [5.74, 6) is 0.287. The van der Waals surface area contributed by atoms with E-state index in [2.05, 4.69) is 41.6 Å². The molecule has 8 heteroatoms. The number of hydrazone groups is 1. The van der Waals surface area contributed by atoms with Crippen molar-refractivity contribution in [3.8, 4) is 17.0 Å². The summed E-state index contributed by atoms with van der Waals surface area (Å²) in [6.45, 7) is 0. The molecule has 1 heterocycles. The van der Waals surface area contributed by atoms with Crippen LogP contribution in [-0.4, -0.2) is 26.5 Å². The van der Waals surface area contributed by atoms with Gasteiger partial charge in [-0.25, -0.2) is 10.4 Å².